The van der Waals surface area contributed by atoms with Gasteiger partial charge >= 0.3 is 0 Å². The maximum atomic E-state index is 11.6. The van der Waals surface area contributed by atoms with Crippen LogP contribution in [0.15, 0.2) is 36.5 Å². The number of hydrogen-bond donors (Lipinski definition) is 2. The molecule has 1 aromatic heterocycles. The summed E-state index contributed by atoms with van der Waals surface area (Å²) in [6.45, 7) is 3.68. The summed E-state index contributed by atoms with van der Waals surface area (Å²) in [4.78, 5) is 11.6. The number of hydrogen-bond acceptors (Lipinski definition) is 4. The number of benzene rings is 1. The third-order valence-corrected chi connectivity index (χ3v) is 3.38. The predicted molar refractivity (Wildman–Crippen MR) is 80.0 cm³/mol. The molecule has 2 aromatic rings. The van der Waals surface area contributed by atoms with Crippen molar-refractivity contribution in [2.45, 2.75) is 19.9 Å². The van der Waals surface area contributed by atoms with Gasteiger partial charge in [-0.05, 0) is 26.0 Å². The minimum absolute atomic E-state index is 0.153. The molecular formula is C15H17N5O. The number of carbonyl (C=O) groups is 1. The lowest BCUT2D eigenvalue weighted by atomic mass is 10.1. The second-order valence-electron chi connectivity index (χ2n) is 4.89. The summed E-state index contributed by atoms with van der Waals surface area (Å²) >= 11 is 0. The van der Waals surface area contributed by atoms with E-state index in [0.717, 1.165) is 5.69 Å². The lowest BCUT2D eigenvalue weighted by Crippen LogP contribution is -2.14. The normalized spacial score (nSPS) is 13.2. The Morgan fingerprint density at radius 3 is 2.62 bits per heavy atom. The first-order valence-corrected chi connectivity index (χ1v) is 6.63. The Morgan fingerprint density at radius 2 is 2.05 bits per heavy atom. The SMILES string of the molecule is C[C@H]([C@@H](C)C#N)n1cc(C(N)=O)c(Nc2ccccc2)n1. The van der Waals surface area contributed by atoms with Crippen LogP contribution in [0.25, 0.3) is 0 Å². The number of nitrogens with zero attached hydrogens (tertiary/aromatic N) is 3. The number of nitrogens with one attached hydrogen (secondary N) is 1. The molecule has 0 saturated carbocycles. The highest BCUT2D eigenvalue weighted by Crippen LogP contribution is 2.23. The molecule has 21 heavy (non-hydrogen) atoms. The fourth-order valence-corrected chi connectivity index (χ4v) is 1.87. The molecule has 0 aliphatic heterocycles. The maximum Gasteiger partial charge on any atom is 0.254 e. The van der Waals surface area contributed by atoms with E-state index >= 15 is 0 Å². The van der Waals surface area contributed by atoms with Crippen LogP contribution in [0, 0.1) is 17.2 Å². The van der Waals surface area contributed by atoms with Crippen LogP contribution in [0.2, 0.25) is 0 Å². The third-order valence-electron chi connectivity index (χ3n) is 3.38. The summed E-state index contributed by atoms with van der Waals surface area (Å²) in [6, 6.07) is 11.4. The number of para-hydroxylation sites is 1. The van der Waals surface area contributed by atoms with Crippen LogP contribution in [0.5, 0.6) is 0 Å². The van der Waals surface area contributed by atoms with E-state index in [2.05, 4.69) is 16.5 Å². The van der Waals surface area contributed by atoms with E-state index in [-0.39, 0.29) is 12.0 Å². The zero-order valence-corrected chi connectivity index (χ0v) is 11.9. The quantitative estimate of drug-likeness (QED) is 0.880. The molecule has 6 nitrogen and oxygen atoms in total. The van der Waals surface area contributed by atoms with Crippen LogP contribution in [0.1, 0.15) is 30.2 Å². The molecule has 2 rings (SSSR count). The van der Waals surface area contributed by atoms with Gasteiger partial charge in [-0.3, -0.25) is 9.48 Å². The van der Waals surface area contributed by atoms with Gasteiger partial charge in [0.2, 0.25) is 0 Å². The van der Waals surface area contributed by atoms with E-state index in [1.165, 1.54) is 0 Å². The summed E-state index contributed by atoms with van der Waals surface area (Å²) in [5.41, 5.74) is 6.51. The number of amides is 1. The molecule has 2 atom stereocenters. The van der Waals surface area contributed by atoms with E-state index in [0.29, 0.717) is 11.4 Å². The molecule has 108 valence electrons. The molecule has 0 unspecified atom stereocenters. The molecule has 6 heteroatoms. The van der Waals surface area contributed by atoms with Crippen LogP contribution in [-0.2, 0) is 0 Å². The Labute approximate surface area is 123 Å². The average molecular weight is 283 g/mol. The molecule has 0 radical (unpaired) electrons. The number of rotatable bonds is 5. The second kappa shape index (κ2) is 6.09. The lowest BCUT2D eigenvalue weighted by molar-refractivity contribution is 0.100. The summed E-state index contributed by atoms with van der Waals surface area (Å²) in [5.74, 6) is -0.391. The second-order valence-corrected chi connectivity index (χ2v) is 4.89. The highest BCUT2D eigenvalue weighted by Gasteiger charge is 2.20. The van der Waals surface area contributed by atoms with Crippen molar-refractivity contribution in [2.75, 3.05) is 5.32 Å². The van der Waals surface area contributed by atoms with Gasteiger partial charge in [0.25, 0.3) is 5.91 Å². The molecule has 1 aromatic carbocycles. The van der Waals surface area contributed by atoms with E-state index in [9.17, 15) is 4.79 Å². The molecule has 3 N–H and O–H groups in total. The van der Waals surface area contributed by atoms with Gasteiger partial charge in [0.05, 0.1) is 18.0 Å². The molecular weight excluding hydrogens is 266 g/mol. The zero-order valence-electron chi connectivity index (χ0n) is 11.9. The van der Waals surface area contributed by atoms with Gasteiger partial charge < -0.3 is 11.1 Å². The third kappa shape index (κ3) is 3.20. The molecule has 0 aliphatic carbocycles. The van der Waals surface area contributed by atoms with Crippen molar-refractivity contribution < 1.29 is 4.79 Å². The molecule has 1 heterocycles. The summed E-state index contributed by atoms with van der Waals surface area (Å²) in [5, 5.41) is 16.4. The molecule has 0 aliphatic rings. The van der Waals surface area contributed by atoms with E-state index in [4.69, 9.17) is 11.0 Å². The van der Waals surface area contributed by atoms with Gasteiger partial charge in [-0.15, -0.1) is 0 Å². The van der Waals surface area contributed by atoms with Gasteiger partial charge in [0, 0.05) is 11.9 Å². The number of nitriles is 1. The van der Waals surface area contributed by atoms with Gasteiger partial charge in [0.1, 0.15) is 5.56 Å². The largest absolute Gasteiger partial charge is 0.365 e. The van der Waals surface area contributed by atoms with Crippen molar-refractivity contribution in [3.05, 3.63) is 42.1 Å². The van der Waals surface area contributed by atoms with Gasteiger partial charge in [-0.25, -0.2) is 0 Å². The number of anilines is 2. The first-order valence-electron chi connectivity index (χ1n) is 6.63. The number of aromatic nitrogens is 2. The minimum Gasteiger partial charge on any atom is -0.365 e. The van der Waals surface area contributed by atoms with E-state index in [1.54, 1.807) is 17.8 Å². The molecule has 0 spiro atoms. The standard InChI is InChI=1S/C15H17N5O/c1-10(8-16)11(2)20-9-13(14(17)21)15(19-20)18-12-6-4-3-5-7-12/h3-7,9-11H,1-2H3,(H2,17,21)(H,18,19)/t10-,11+/m0/s1. The van der Waals surface area contributed by atoms with Gasteiger partial charge in [-0.2, -0.15) is 10.4 Å². The van der Waals surface area contributed by atoms with Crippen LogP contribution in [-0.4, -0.2) is 15.7 Å². The first kappa shape index (κ1) is 14.6. The number of primary amides is 1. The maximum absolute atomic E-state index is 11.6. The first-order chi connectivity index (χ1) is 10.0. The fourth-order valence-electron chi connectivity index (χ4n) is 1.87. The van der Waals surface area contributed by atoms with E-state index < -0.39 is 5.91 Å². The highest BCUT2D eigenvalue weighted by atomic mass is 16.1. The van der Waals surface area contributed by atoms with Gasteiger partial charge in [-0.1, -0.05) is 18.2 Å². The lowest BCUT2D eigenvalue weighted by Gasteiger charge is -2.13. The number of nitrogens with two attached hydrogens (primary N) is 1. The van der Waals surface area contributed by atoms with Crippen LogP contribution in [0.4, 0.5) is 11.5 Å². The van der Waals surface area contributed by atoms with Crippen molar-refractivity contribution in [1.82, 2.24) is 9.78 Å². The zero-order chi connectivity index (χ0) is 15.4. The monoisotopic (exact) mass is 283 g/mol. The topological polar surface area (TPSA) is 96.7 Å². The molecule has 0 bridgehead atoms. The highest BCUT2D eigenvalue weighted by molar-refractivity contribution is 5.98. The molecule has 1 amide bonds. The Hall–Kier alpha value is -2.81. The summed E-state index contributed by atoms with van der Waals surface area (Å²) in [7, 11) is 0. The van der Waals surface area contributed by atoms with Crippen molar-refractivity contribution in [1.29, 1.82) is 5.26 Å². The van der Waals surface area contributed by atoms with Crippen LogP contribution >= 0.6 is 0 Å². The van der Waals surface area contributed by atoms with Gasteiger partial charge in [0.15, 0.2) is 5.82 Å². The molecule has 0 fully saturated rings. The van der Waals surface area contributed by atoms with Crippen molar-refractivity contribution in [3.8, 4) is 6.07 Å². The Bertz CT molecular complexity index is 671. The smallest absolute Gasteiger partial charge is 0.254 e. The Balaban J connectivity index is 2.34. The molecule has 0 saturated heterocycles. The Kier molecular flexibility index (Phi) is 4.24. The van der Waals surface area contributed by atoms with Crippen LogP contribution in [0.3, 0.4) is 0 Å². The minimum atomic E-state index is -0.559. The Morgan fingerprint density at radius 1 is 1.38 bits per heavy atom. The average Bonchev–Trinajstić information content (AvgIpc) is 2.90. The van der Waals surface area contributed by atoms with Crippen molar-refractivity contribution in [2.24, 2.45) is 11.7 Å². The fraction of sp³-hybridized carbons (Fsp3) is 0.267. The predicted octanol–water partition coefficient (Wildman–Crippen LogP) is 2.45. The summed E-state index contributed by atoms with van der Waals surface area (Å²) < 4.78 is 1.60. The van der Waals surface area contributed by atoms with Crippen molar-refractivity contribution in [3.63, 3.8) is 0 Å². The van der Waals surface area contributed by atoms with Crippen molar-refractivity contribution >= 4 is 17.4 Å². The van der Waals surface area contributed by atoms with E-state index in [1.807, 2.05) is 37.3 Å². The number of carbonyl (C=O) groups excluding carboxylic acids is 1. The summed E-state index contributed by atoms with van der Waals surface area (Å²) in [6.07, 6.45) is 1.58. The van der Waals surface area contributed by atoms with Crippen LogP contribution < -0.4 is 11.1 Å².